The Morgan fingerprint density at radius 1 is 1.41 bits per heavy atom. The molecule has 0 saturated carbocycles. The Kier molecular flexibility index (Phi) is 4.84. The lowest BCUT2D eigenvalue weighted by Crippen LogP contribution is -2.45. The van der Waals surface area contributed by atoms with Crippen molar-refractivity contribution in [3.63, 3.8) is 0 Å². The van der Waals surface area contributed by atoms with E-state index >= 15 is 0 Å². The molecule has 1 saturated heterocycles. The number of fused-ring (bicyclic) bond motifs is 1. The number of hydrogen-bond donors (Lipinski definition) is 2. The third kappa shape index (κ3) is 3.68. The monoisotopic (exact) mass is 384 g/mol. The summed E-state index contributed by atoms with van der Waals surface area (Å²) in [5.41, 5.74) is 7.81. The van der Waals surface area contributed by atoms with E-state index in [0.717, 1.165) is 53.0 Å². The summed E-state index contributed by atoms with van der Waals surface area (Å²) in [7, 11) is 0. The zero-order valence-corrected chi connectivity index (χ0v) is 16.4. The van der Waals surface area contributed by atoms with Crippen LogP contribution in [0.3, 0.4) is 0 Å². The smallest absolute Gasteiger partial charge is 0.239 e. The van der Waals surface area contributed by atoms with Gasteiger partial charge in [-0.3, -0.25) is 4.79 Å². The molecule has 0 aliphatic carbocycles. The number of aromatic nitrogens is 3. The fourth-order valence-electron chi connectivity index (χ4n) is 3.55. The van der Waals surface area contributed by atoms with Gasteiger partial charge in [-0.25, -0.2) is 9.97 Å². The van der Waals surface area contributed by atoms with E-state index in [-0.39, 0.29) is 5.91 Å². The Balaban J connectivity index is 1.57. The molecule has 142 valence electrons. The molecule has 1 atom stereocenters. The van der Waals surface area contributed by atoms with Gasteiger partial charge in [0, 0.05) is 42.5 Å². The van der Waals surface area contributed by atoms with Crippen LogP contribution in [0, 0.1) is 6.92 Å². The summed E-state index contributed by atoms with van der Waals surface area (Å²) in [5, 5.41) is 4.21. The SMILES string of the molecule is Cc1cnc(Nc2nc(C3CCN(C(=O)[C@H](C)N)CC3)cn3cccc23)s1. The van der Waals surface area contributed by atoms with Crippen molar-refractivity contribution in [2.75, 3.05) is 18.4 Å². The second-order valence-corrected chi connectivity index (χ2v) is 8.34. The van der Waals surface area contributed by atoms with E-state index in [0.29, 0.717) is 5.92 Å². The fraction of sp³-hybridized carbons (Fsp3) is 0.421. The number of amides is 1. The van der Waals surface area contributed by atoms with Crippen molar-refractivity contribution in [1.82, 2.24) is 19.3 Å². The maximum absolute atomic E-state index is 12.1. The third-order valence-electron chi connectivity index (χ3n) is 4.99. The number of likely N-dealkylation sites (tertiary alicyclic amines) is 1. The Morgan fingerprint density at radius 2 is 2.19 bits per heavy atom. The lowest BCUT2D eigenvalue weighted by Gasteiger charge is -2.32. The van der Waals surface area contributed by atoms with Gasteiger partial charge in [0.25, 0.3) is 0 Å². The standard InChI is InChI=1S/C19H24N6OS/c1-12-10-21-19(27-12)23-17-16-4-3-7-25(16)11-15(22-17)14-5-8-24(9-6-14)18(26)13(2)20/h3-4,7,10-11,13-14H,5-6,8-9,20H2,1-2H3,(H,21,22,23)/t13-/m0/s1. The van der Waals surface area contributed by atoms with Gasteiger partial charge >= 0.3 is 0 Å². The van der Waals surface area contributed by atoms with Crippen molar-refractivity contribution in [2.24, 2.45) is 5.73 Å². The Bertz CT molecular complexity index is 954. The quantitative estimate of drug-likeness (QED) is 0.722. The van der Waals surface area contributed by atoms with Gasteiger partial charge in [-0.05, 0) is 38.8 Å². The Morgan fingerprint density at radius 3 is 2.85 bits per heavy atom. The first-order valence-corrected chi connectivity index (χ1v) is 10.0. The van der Waals surface area contributed by atoms with Crippen LogP contribution in [0.4, 0.5) is 10.9 Å². The van der Waals surface area contributed by atoms with Crippen molar-refractivity contribution in [1.29, 1.82) is 0 Å². The van der Waals surface area contributed by atoms with Crippen LogP contribution in [0.25, 0.3) is 5.52 Å². The number of nitrogens with zero attached hydrogens (tertiary/aromatic N) is 4. The summed E-state index contributed by atoms with van der Waals surface area (Å²) in [6, 6.07) is 3.63. The number of thiazole rings is 1. The molecule has 27 heavy (non-hydrogen) atoms. The van der Waals surface area contributed by atoms with Crippen LogP contribution in [0.2, 0.25) is 0 Å². The van der Waals surface area contributed by atoms with E-state index in [9.17, 15) is 4.79 Å². The zero-order valence-electron chi connectivity index (χ0n) is 15.6. The van der Waals surface area contributed by atoms with Crippen LogP contribution in [-0.2, 0) is 4.79 Å². The molecule has 1 aliphatic rings. The molecule has 1 fully saturated rings. The molecule has 0 aromatic carbocycles. The molecule has 0 unspecified atom stereocenters. The van der Waals surface area contributed by atoms with Gasteiger partial charge in [0.05, 0.1) is 17.3 Å². The van der Waals surface area contributed by atoms with Crippen LogP contribution in [-0.4, -0.2) is 44.3 Å². The van der Waals surface area contributed by atoms with Crippen LogP contribution < -0.4 is 11.1 Å². The minimum Gasteiger partial charge on any atom is -0.341 e. The Hall–Kier alpha value is -2.45. The molecule has 1 aliphatic heterocycles. The topological polar surface area (TPSA) is 88.5 Å². The number of anilines is 2. The maximum Gasteiger partial charge on any atom is 0.239 e. The van der Waals surface area contributed by atoms with Crippen LogP contribution >= 0.6 is 11.3 Å². The molecule has 3 aromatic rings. The molecule has 0 bridgehead atoms. The first-order valence-electron chi connectivity index (χ1n) is 9.22. The number of piperidine rings is 1. The largest absolute Gasteiger partial charge is 0.341 e. The summed E-state index contributed by atoms with van der Waals surface area (Å²) >= 11 is 1.61. The molecule has 0 spiro atoms. The highest BCUT2D eigenvalue weighted by Gasteiger charge is 2.26. The van der Waals surface area contributed by atoms with Crippen LogP contribution in [0.5, 0.6) is 0 Å². The lowest BCUT2D eigenvalue weighted by molar-refractivity contribution is -0.133. The summed E-state index contributed by atoms with van der Waals surface area (Å²) in [6.07, 6.45) is 7.79. The van der Waals surface area contributed by atoms with Crippen molar-refractivity contribution in [3.8, 4) is 0 Å². The number of nitrogens with one attached hydrogen (secondary N) is 1. The number of nitrogens with two attached hydrogens (primary N) is 1. The number of carbonyl (C=O) groups is 1. The van der Waals surface area contributed by atoms with Crippen molar-refractivity contribution >= 4 is 33.7 Å². The number of aryl methyl sites for hydroxylation is 1. The highest BCUT2D eigenvalue weighted by molar-refractivity contribution is 7.15. The first kappa shape index (κ1) is 17.9. The molecule has 1 amide bonds. The van der Waals surface area contributed by atoms with E-state index in [2.05, 4.69) is 20.9 Å². The summed E-state index contributed by atoms with van der Waals surface area (Å²) < 4.78 is 2.10. The second kappa shape index (κ2) is 7.28. The predicted octanol–water partition coefficient (Wildman–Crippen LogP) is 2.90. The summed E-state index contributed by atoms with van der Waals surface area (Å²) in [5.74, 6) is 1.18. The molecule has 4 rings (SSSR count). The molecular formula is C19H24N6OS. The molecule has 3 N–H and O–H groups in total. The number of carbonyl (C=O) groups excluding carboxylic acids is 1. The molecule has 0 radical (unpaired) electrons. The van der Waals surface area contributed by atoms with Gasteiger partial charge in [-0.15, -0.1) is 11.3 Å². The minimum absolute atomic E-state index is 0.0313. The molecule has 3 aromatic heterocycles. The zero-order chi connectivity index (χ0) is 19.0. The third-order valence-corrected chi connectivity index (χ3v) is 5.82. The second-order valence-electron chi connectivity index (χ2n) is 7.10. The van der Waals surface area contributed by atoms with Crippen LogP contribution in [0.1, 0.15) is 36.3 Å². The van der Waals surface area contributed by atoms with Gasteiger partial charge in [0.1, 0.15) is 0 Å². The van der Waals surface area contributed by atoms with Crippen molar-refractivity contribution in [3.05, 3.63) is 41.3 Å². The van der Waals surface area contributed by atoms with Gasteiger partial charge in [-0.2, -0.15) is 0 Å². The predicted molar refractivity (Wildman–Crippen MR) is 108 cm³/mol. The normalized spacial score (nSPS) is 16.6. The van der Waals surface area contributed by atoms with E-state index < -0.39 is 6.04 Å². The summed E-state index contributed by atoms with van der Waals surface area (Å²) in [4.78, 5) is 24.4. The molecule has 4 heterocycles. The minimum atomic E-state index is -0.437. The van der Waals surface area contributed by atoms with E-state index in [4.69, 9.17) is 10.7 Å². The van der Waals surface area contributed by atoms with E-state index in [1.807, 2.05) is 36.4 Å². The van der Waals surface area contributed by atoms with Gasteiger partial charge < -0.3 is 20.4 Å². The molecular weight excluding hydrogens is 360 g/mol. The Labute approximate surface area is 162 Å². The average Bonchev–Trinajstić information content (AvgIpc) is 3.30. The number of hydrogen-bond acceptors (Lipinski definition) is 6. The van der Waals surface area contributed by atoms with Crippen molar-refractivity contribution in [2.45, 2.75) is 38.6 Å². The van der Waals surface area contributed by atoms with Crippen molar-refractivity contribution < 1.29 is 4.79 Å². The molecule has 7 nitrogen and oxygen atoms in total. The lowest BCUT2D eigenvalue weighted by atomic mass is 9.93. The first-order chi connectivity index (χ1) is 13.0. The average molecular weight is 385 g/mol. The number of rotatable bonds is 4. The van der Waals surface area contributed by atoms with Gasteiger partial charge in [0.15, 0.2) is 10.9 Å². The fourth-order valence-corrected chi connectivity index (χ4v) is 4.21. The highest BCUT2D eigenvalue weighted by Crippen LogP contribution is 2.31. The van der Waals surface area contributed by atoms with Gasteiger partial charge in [-0.1, -0.05) is 0 Å². The van der Waals surface area contributed by atoms with Crippen LogP contribution in [0.15, 0.2) is 30.7 Å². The molecule has 8 heteroatoms. The summed E-state index contributed by atoms with van der Waals surface area (Å²) in [6.45, 7) is 5.24. The van der Waals surface area contributed by atoms with Gasteiger partial charge in [0.2, 0.25) is 5.91 Å². The van der Waals surface area contributed by atoms with E-state index in [1.165, 1.54) is 0 Å². The van der Waals surface area contributed by atoms with E-state index in [1.54, 1.807) is 18.3 Å². The maximum atomic E-state index is 12.1. The highest BCUT2D eigenvalue weighted by atomic mass is 32.1.